The van der Waals surface area contributed by atoms with Crippen molar-refractivity contribution in [2.75, 3.05) is 0 Å². The van der Waals surface area contributed by atoms with Gasteiger partial charge in [-0.3, -0.25) is 0 Å². The summed E-state index contributed by atoms with van der Waals surface area (Å²) in [6, 6.07) is 0. The van der Waals surface area contributed by atoms with Crippen molar-refractivity contribution in [3.63, 3.8) is 0 Å². The average molecular weight is 200 g/mol. The summed E-state index contributed by atoms with van der Waals surface area (Å²) in [6.07, 6.45) is 15.8. The van der Waals surface area contributed by atoms with Gasteiger partial charge in [-0.1, -0.05) is 36.1 Å². The molecule has 1 aliphatic carbocycles. The first-order valence-corrected chi connectivity index (χ1v) is 4.53. The molecule has 2 N–H and O–H groups in total. The lowest BCUT2D eigenvalue weighted by Crippen LogP contribution is -2.13. The normalized spacial score (nSPS) is 18.9. The van der Waals surface area contributed by atoms with Gasteiger partial charge in [0, 0.05) is 0 Å². The van der Waals surface area contributed by atoms with E-state index in [1.165, 1.54) is 0 Å². The van der Waals surface area contributed by atoms with Gasteiger partial charge in [0.25, 0.3) is 0 Å². The van der Waals surface area contributed by atoms with Crippen molar-refractivity contribution in [3.05, 3.63) is 35.5 Å². The minimum atomic E-state index is -0.930. The highest BCUT2D eigenvalue weighted by Crippen LogP contribution is 2.20. The third kappa shape index (κ3) is 2.86. The molecule has 76 valence electrons. The van der Waals surface area contributed by atoms with Crippen molar-refractivity contribution in [1.82, 2.24) is 0 Å². The standard InChI is InChI=1S/C13H12O2/c1-3-12(14)10-7-5-6-8-11(9-10)13(15)4-2/h1-2,5-8,12-15H,9H2/t12-,13+. The minimum Gasteiger partial charge on any atom is -0.376 e. The lowest BCUT2D eigenvalue weighted by atomic mass is 9.98. The summed E-state index contributed by atoms with van der Waals surface area (Å²) in [7, 11) is 0. The van der Waals surface area contributed by atoms with E-state index in [-0.39, 0.29) is 0 Å². The molecule has 2 heteroatoms. The van der Waals surface area contributed by atoms with Crippen molar-refractivity contribution in [3.8, 4) is 24.7 Å². The van der Waals surface area contributed by atoms with Crippen molar-refractivity contribution >= 4 is 0 Å². The van der Waals surface area contributed by atoms with Crippen LogP contribution in [0.1, 0.15) is 6.42 Å². The van der Waals surface area contributed by atoms with Gasteiger partial charge in [0.1, 0.15) is 12.2 Å². The first-order chi connectivity index (χ1) is 7.19. The molecule has 0 spiro atoms. The third-order valence-electron chi connectivity index (χ3n) is 2.16. The van der Waals surface area contributed by atoms with E-state index >= 15 is 0 Å². The van der Waals surface area contributed by atoms with Crippen LogP contribution in [-0.4, -0.2) is 22.4 Å². The van der Waals surface area contributed by atoms with Crippen molar-refractivity contribution < 1.29 is 10.2 Å². The van der Waals surface area contributed by atoms with E-state index in [2.05, 4.69) is 11.8 Å². The number of terminal acetylenes is 2. The summed E-state index contributed by atoms with van der Waals surface area (Å²) in [5, 5.41) is 19.0. The van der Waals surface area contributed by atoms with Crippen LogP contribution < -0.4 is 0 Å². The second-order valence-corrected chi connectivity index (χ2v) is 3.18. The molecule has 0 amide bonds. The molecule has 2 nitrogen and oxygen atoms in total. The van der Waals surface area contributed by atoms with Gasteiger partial charge < -0.3 is 10.2 Å². The summed E-state index contributed by atoms with van der Waals surface area (Å²) < 4.78 is 0. The smallest absolute Gasteiger partial charge is 0.136 e. The van der Waals surface area contributed by atoms with Gasteiger partial charge in [-0.05, 0) is 17.6 Å². The molecule has 0 aromatic rings. The molecule has 0 heterocycles. The Bertz CT molecular complexity index is 361. The second kappa shape index (κ2) is 5.22. The molecule has 0 radical (unpaired) electrons. The fraction of sp³-hybridized carbons (Fsp3) is 0.231. The maximum Gasteiger partial charge on any atom is 0.136 e. The number of rotatable bonds is 2. The topological polar surface area (TPSA) is 40.5 Å². The van der Waals surface area contributed by atoms with Crippen LogP contribution in [0, 0.1) is 24.7 Å². The van der Waals surface area contributed by atoms with E-state index in [0.29, 0.717) is 17.6 Å². The fourth-order valence-electron chi connectivity index (χ4n) is 1.30. The van der Waals surface area contributed by atoms with Gasteiger partial charge >= 0.3 is 0 Å². The van der Waals surface area contributed by atoms with E-state index < -0.39 is 12.2 Å². The Kier molecular flexibility index (Phi) is 3.94. The Morgan fingerprint density at radius 3 is 1.73 bits per heavy atom. The largest absolute Gasteiger partial charge is 0.376 e. The lowest BCUT2D eigenvalue weighted by Gasteiger charge is -2.12. The Balaban J connectivity index is 2.89. The van der Waals surface area contributed by atoms with Crippen molar-refractivity contribution in [2.45, 2.75) is 18.6 Å². The van der Waals surface area contributed by atoms with E-state index in [1.807, 2.05) is 0 Å². The molecule has 1 rings (SSSR count). The maximum absolute atomic E-state index is 9.48. The fourth-order valence-corrected chi connectivity index (χ4v) is 1.30. The number of hydrogen-bond acceptors (Lipinski definition) is 2. The van der Waals surface area contributed by atoms with Crippen LogP contribution in [0.5, 0.6) is 0 Å². The minimum absolute atomic E-state index is 0.393. The zero-order chi connectivity index (χ0) is 11.3. The SMILES string of the molecule is C#C[C@@H](O)C1=CC=CC=C([C@@H](O)C#C)C1. The van der Waals surface area contributed by atoms with Crippen LogP contribution in [0.25, 0.3) is 0 Å². The molecule has 2 atom stereocenters. The number of hydrogen-bond donors (Lipinski definition) is 2. The van der Waals surface area contributed by atoms with Gasteiger partial charge in [-0.2, -0.15) is 0 Å². The molecule has 0 fully saturated rings. The Morgan fingerprint density at radius 2 is 1.40 bits per heavy atom. The van der Waals surface area contributed by atoms with E-state index in [4.69, 9.17) is 12.8 Å². The molecule has 1 aliphatic rings. The Morgan fingerprint density at radius 1 is 1.00 bits per heavy atom. The zero-order valence-corrected chi connectivity index (χ0v) is 8.22. The molecule has 0 aromatic heterocycles. The van der Waals surface area contributed by atoms with Gasteiger partial charge in [0.05, 0.1) is 0 Å². The summed E-state index contributed by atoms with van der Waals surface area (Å²) in [5.41, 5.74) is 1.32. The van der Waals surface area contributed by atoms with E-state index in [9.17, 15) is 10.2 Å². The van der Waals surface area contributed by atoms with E-state index in [0.717, 1.165) is 0 Å². The molecular formula is C13H12O2. The number of aliphatic hydroxyl groups excluding tert-OH is 2. The average Bonchev–Trinajstić information content (AvgIpc) is 2.52. The highest BCUT2D eigenvalue weighted by Gasteiger charge is 2.14. The molecule has 0 unspecified atom stereocenters. The molecule has 0 bridgehead atoms. The maximum atomic E-state index is 9.48. The van der Waals surface area contributed by atoms with Gasteiger partial charge in [0.15, 0.2) is 0 Å². The first-order valence-electron chi connectivity index (χ1n) is 4.53. The number of allylic oxidation sites excluding steroid dienone is 4. The monoisotopic (exact) mass is 200 g/mol. The second-order valence-electron chi connectivity index (χ2n) is 3.18. The molecular weight excluding hydrogens is 188 g/mol. The summed E-state index contributed by atoms with van der Waals surface area (Å²) >= 11 is 0. The van der Waals surface area contributed by atoms with Crippen LogP contribution >= 0.6 is 0 Å². The number of aliphatic hydroxyl groups is 2. The van der Waals surface area contributed by atoms with Crippen LogP contribution in [0.3, 0.4) is 0 Å². The molecule has 0 aromatic carbocycles. The molecule has 0 aliphatic heterocycles. The summed E-state index contributed by atoms with van der Waals surface area (Å²) in [5.74, 6) is 4.47. The van der Waals surface area contributed by atoms with Gasteiger partial charge in [-0.15, -0.1) is 12.8 Å². The van der Waals surface area contributed by atoms with Crippen LogP contribution in [0.2, 0.25) is 0 Å². The third-order valence-corrected chi connectivity index (χ3v) is 2.16. The highest BCUT2D eigenvalue weighted by atomic mass is 16.3. The van der Waals surface area contributed by atoms with Crippen molar-refractivity contribution in [1.29, 1.82) is 0 Å². The van der Waals surface area contributed by atoms with Gasteiger partial charge in [0.2, 0.25) is 0 Å². The van der Waals surface area contributed by atoms with Crippen LogP contribution in [-0.2, 0) is 0 Å². The predicted octanol–water partition coefficient (Wildman–Crippen LogP) is 0.787. The summed E-state index contributed by atoms with van der Waals surface area (Å²) in [4.78, 5) is 0. The molecule has 0 saturated heterocycles. The molecule has 0 saturated carbocycles. The van der Waals surface area contributed by atoms with E-state index in [1.54, 1.807) is 24.3 Å². The Labute approximate surface area is 89.6 Å². The highest BCUT2D eigenvalue weighted by molar-refractivity contribution is 5.37. The van der Waals surface area contributed by atoms with Crippen LogP contribution in [0.4, 0.5) is 0 Å². The first kappa shape index (κ1) is 11.3. The van der Waals surface area contributed by atoms with Crippen molar-refractivity contribution in [2.24, 2.45) is 0 Å². The Hall–Kier alpha value is -1.74. The zero-order valence-electron chi connectivity index (χ0n) is 8.22. The molecule has 15 heavy (non-hydrogen) atoms. The quantitative estimate of drug-likeness (QED) is 0.647. The van der Waals surface area contributed by atoms with Crippen LogP contribution in [0.15, 0.2) is 35.5 Å². The summed E-state index contributed by atoms with van der Waals surface area (Å²) in [6.45, 7) is 0. The lowest BCUT2D eigenvalue weighted by molar-refractivity contribution is 0.252. The van der Waals surface area contributed by atoms with Gasteiger partial charge in [-0.25, -0.2) is 0 Å². The predicted molar refractivity (Wildman–Crippen MR) is 59.6 cm³/mol.